The summed E-state index contributed by atoms with van der Waals surface area (Å²) in [5.74, 6) is 0.461. The van der Waals surface area contributed by atoms with Gasteiger partial charge in [0.25, 0.3) is 5.69 Å². The first-order valence-corrected chi connectivity index (χ1v) is 8.74. The van der Waals surface area contributed by atoms with Crippen LogP contribution in [0.3, 0.4) is 0 Å². The summed E-state index contributed by atoms with van der Waals surface area (Å²) >= 11 is 0. The van der Waals surface area contributed by atoms with E-state index in [0.29, 0.717) is 28.0 Å². The zero-order chi connectivity index (χ0) is 21.0. The highest BCUT2D eigenvalue weighted by Gasteiger charge is 2.15. The number of hydrogen-bond acceptors (Lipinski definition) is 7. The number of benzene rings is 2. The molecule has 0 radical (unpaired) electrons. The van der Waals surface area contributed by atoms with E-state index in [-0.39, 0.29) is 17.6 Å². The Kier molecular flexibility index (Phi) is 5.77. The minimum atomic E-state index is -0.589. The van der Waals surface area contributed by atoms with E-state index in [0.717, 1.165) is 0 Å². The Morgan fingerprint density at radius 3 is 2.76 bits per heavy atom. The van der Waals surface area contributed by atoms with E-state index < -0.39 is 10.8 Å². The molecule has 1 N–H and O–H groups in total. The van der Waals surface area contributed by atoms with Crippen LogP contribution in [0.25, 0.3) is 11.0 Å². The number of non-ortho nitro benzene ring substituents is 1. The van der Waals surface area contributed by atoms with Crippen molar-refractivity contribution in [1.29, 1.82) is 0 Å². The highest BCUT2D eigenvalue weighted by Crippen LogP contribution is 2.31. The first-order chi connectivity index (χ1) is 13.9. The Labute approximate surface area is 166 Å². The second-order valence-electron chi connectivity index (χ2n) is 6.33. The molecule has 29 heavy (non-hydrogen) atoms. The Morgan fingerprint density at radius 2 is 2.07 bits per heavy atom. The van der Waals surface area contributed by atoms with Crippen LogP contribution in [-0.4, -0.2) is 30.3 Å². The van der Waals surface area contributed by atoms with E-state index in [1.54, 1.807) is 18.2 Å². The molecule has 0 aliphatic rings. The molecule has 1 amide bonds. The predicted molar refractivity (Wildman–Crippen MR) is 107 cm³/mol. The molecule has 0 unspecified atom stereocenters. The molecule has 3 aromatic rings. The van der Waals surface area contributed by atoms with Crippen molar-refractivity contribution in [2.75, 3.05) is 7.11 Å². The minimum absolute atomic E-state index is 0.0121. The Balaban J connectivity index is 1.78. The maximum Gasteiger partial charge on any atom is 0.307 e. The molecule has 0 saturated carbocycles. The third-order valence-corrected chi connectivity index (χ3v) is 3.89. The van der Waals surface area contributed by atoms with Crippen LogP contribution in [0.4, 0.5) is 5.69 Å². The minimum Gasteiger partial charge on any atom is -0.493 e. The number of methoxy groups -OCH3 is 1. The fourth-order valence-corrected chi connectivity index (χ4v) is 2.63. The van der Waals surface area contributed by atoms with Gasteiger partial charge in [0.15, 0.2) is 17.3 Å². The van der Waals surface area contributed by atoms with Gasteiger partial charge in [0.05, 0.1) is 24.4 Å². The van der Waals surface area contributed by atoms with Gasteiger partial charge in [-0.25, -0.2) is 5.43 Å². The van der Waals surface area contributed by atoms with Gasteiger partial charge in [-0.3, -0.25) is 14.9 Å². The predicted octanol–water partition coefficient (Wildman–Crippen LogP) is 3.90. The molecular formula is C20H19N3O6. The van der Waals surface area contributed by atoms with E-state index in [1.165, 1.54) is 37.6 Å². The summed E-state index contributed by atoms with van der Waals surface area (Å²) in [7, 11) is 1.54. The second-order valence-corrected chi connectivity index (χ2v) is 6.33. The smallest absolute Gasteiger partial charge is 0.307 e. The molecule has 1 heterocycles. The van der Waals surface area contributed by atoms with Gasteiger partial charge in [0, 0.05) is 23.1 Å². The van der Waals surface area contributed by atoms with E-state index in [4.69, 9.17) is 13.9 Å². The first kappa shape index (κ1) is 19.9. The summed E-state index contributed by atoms with van der Waals surface area (Å²) in [5, 5.41) is 15.3. The molecule has 0 fully saturated rings. The number of nitro benzene ring substituents is 1. The van der Waals surface area contributed by atoms with Crippen molar-refractivity contribution in [3.05, 3.63) is 63.9 Å². The number of hydrogen-bond donors (Lipinski definition) is 1. The van der Waals surface area contributed by atoms with Crippen LogP contribution in [0, 0.1) is 10.1 Å². The van der Waals surface area contributed by atoms with Crippen molar-refractivity contribution < 1.29 is 23.6 Å². The lowest BCUT2D eigenvalue weighted by atomic mass is 10.2. The molecule has 9 heteroatoms. The van der Waals surface area contributed by atoms with E-state index in [1.807, 2.05) is 13.8 Å². The summed E-state index contributed by atoms with van der Waals surface area (Å²) in [6.45, 7) is 3.78. The lowest BCUT2D eigenvalue weighted by molar-refractivity contribution is -0.384. The highest BCUT2D eigenvalue weighted by molar-refractivity contribution is 5.97. The summed E-state index contributed by atoms with van der Waals surface area (Å²) < 4.78 is 16.5. The number of carbonyl (C=O) groups excluding carboxylic acids is 1. The molecule has 2 aromatic carbocycles. The molecule has 0 spiro atoms. The number of fused-ring (bicyclic) bond motifs is 1. The van der Waals surface area contributed by atoms with Crippen molar-refractivity contribution in [3.8, 4) is 11.5 Å². The Hall–Kier alpha value is -3.88. The van der Waals surface area contributed by atoms with Gasteiger partial charge in [0.1, 0.15) is 5.58 Å². The fourth-order valence-electron chi connectivity index (χ4n) is 2.63. The topological polar surface area (TPSA) is 116 Å². The highest BCUT2D eigenvalue weighted by atomic mass is 16.6. The zero-order valence-corrected chi connectivity index (χ0v) is 16.0. The van der Waals surface area contributed by atoms with Crippen LogP contribution < -0.4 is 14.9 Å². The standard InChI is InChI=1S/C20H19N3O6/c1-12(2)28-19-13(5-4-6-17(19)27-3)11-21-22-20(24)18-10-14-9-15(23(25)26)7-8-16(14)29-18/h4-12H,1-3H3,(H,22,24)/b21-11+. The van der Waals surface area contributed by atoms with E-state index in [2.05, 4.69) is 10.5 Å². The van der Waals surface area contributed by atoms with E-state index >= 15 is 0 Å². The number of nitro groups is 1. The summed E-state index contributed by atoms with van der Waals surface area (Å²) in [4.78, 5) is 22.6. The molecule has 3 rings (SSSR count). The maximum absolute atomic E-state index is 12.3. The van der Waals surface area contributed by atoms with Gasteiger partial charge in [-0.15, -0.1) is 0 Å². The molecule has 0 bridgehead atoms. The molecule has 9 nitrogen and oxygen atoms in total. The summed E-state index contributed by atoms with van der Waals surface area (Å²) in [6, 6.07) is 10.8. The average Bonchev–Trinajstić information content (AvgIpc) is 3.12. The molecule has 0 aliphatic heterocycles. The normalized spacial score (nSPS) is 11.2. The number of ether oxygens (including phenoxy) is 2. The molecular weight excluding hydrogens is 378 g/mol. The summed E-state index contributed by atoms with van der Waals surface area (Å²) in [6.07, 6.45) is 1.36. The lowest BCUT2D eigenvalue weighted by Crippen LogP contribution is -2.17. The maximum atomic E-state index is 12.3. The monoisotopic (exact) mass is 397 g/mol. The van der Waals surface area contributed by atoms with Gasteiger partial charge in [-0.1, -0.05) is 6.07 Å². The Bertz CT molecular complexity index is 1090. The van der Waals surface area contributed by atoms with Crippen LogP contribution in [0.15, 0.2) is 52.0 Å². The van der Waals surface area contributed by atoms with Crippen molar-refractivity contribution in [2.24, 2.45) is 5.10 Å². The number of carbonyl (C=O) groups is 1. The van der Waals surface area contributed by atoms with Gasteiger partial charge in [0.2, 0.25) is 0 Å². The van der Waals surface area contributed by atoms with Gasteiger partial charge in [-0.05, 0) is 38.1 Å². The number of nitrogens with one attached hydrogen (secondary N) is 1. The van der Waals surface area contributed by atoms with Gasteiger partial charge < -0.3 is 13.9 Å². The van der Waals surface area contributed by atoms with Crippen LogP contribution in [0.5, 0.6) is 11.5 Å². The number of furan rings is 1. The largest absolute Gasteiger partial charge is 0.493 e. The molecule has 150 valence electrons. The van der Waals surface area contributed by atoms with Crippen LogP contribution in [0.2, 0.25) is 0 Å². The molecule has 0 atom stereocenters. The van der Waals surface area contributed by atoms with E-state index in [9.17, 15) is 14.9 Å². The van der Waals surface area contributed by atoms with Crippen LogP contribution in [-0.2, 0) is 0 Å². The van der Waals surface area contributed by atoms with Crippen LogP contribution in [0.1, 0.15) is 30.0 Å². The van der Waals surface area contributed by atoms with Crippen molar-refractivity contribution >= 4 is 28.8 Å². The third-order valence-electron chi connectivity index (χ3n) is 3.89. The SMILES string of the molecule is COc1cccc(/C=N/NC(=O)c2cc3cc([N+](=O)[O-])ccc3o2)c1OC(C)C. The quantitative estimate of drug-likeness (QED) is 0.367. The van der Waals surface area contributed by atoms with Gasteiger partial charge in [-0.2, -0.15) is 5.10 Å². The third kappa shape index (κ3) is 4.52. The molecule has 0 saturated heterocycles. The van der Waals surface area contributed by atoms with Crippen molar-refractivity contribution in [2.45, 2.75) is 20.0 Å². The van der Waals surface area contributed by atoms with Crippen molar-refractivity contribution in [1.82, 2.24) is 5.43 Å². The Morgan fingerprint density at radius 1 is 1.28 bits per heavy atom. The lowest BCUT2D eigenvalue weighted by Gasteiger charge is -2.15. The fraction of sp³-hybridized carbons (Fsp3) is 0.200. The number of para-hydroxylation sites is 1. The number of rotatable bonds is 7. The van der Waals surface area contributed by atoms with Gasteiger partial charge >= 0.3 is 5.91 Å². The number of nitrogens with zero attached hydrogens (tertiary/aromatic N) is 2. The number of hydrazone groups is 1. The zero-order valence-electron chi connectivity index (χ0n) is 16.0. The summed E-state index contributed by atoms with van der Waals surface area (Å²) in [5.41, 5.74) is 3.28. The second kappa shape index (κ2) is 8.42. The first-order valence-electron chi connectivity index (χ1n) is 8.74. The number of amides is 1. The van der Waals surface area contributed by atoms with Crippen LogP contribution >= 0.6 is 0 Å². The average molecular weight is 397 g/mol. The van der Waals surface area contributed by atoms with Crippen molar-refractivity contribution in [3.63, 3.8) is 0 Å². The molecule has 0 aliphatic carbocycles. The molecule has 1 aromatic heterocycles.